The molecule has 0 amide bonds. The van der Waals surface area contributed by atoms with Crippen molar-refractivity contribution in [3.05, 3.63) is 11.6 Å². The van der Waals surface area contributed by atoms with Gasteiger partial charge in [0.1, 0.15) is 0 Å². The molecule has 17 heavy (non-hydrogen) atoms. The molecule has 3 heteroatoms. The summed E-state index contributed by atoms with van der Waals surface area (Å²) >= 11 is 0. The molecule has 0 saturated heterocycles. The maximum atomic E-state index is 11.0. The molecule has 3 nitrogen and oxygen atoms in total. The Bertz CT molecular complexity index is 305. The summed E-state index contributed by atoms with van der Waals surface area (Å²) in [6, 6.07) is 0.600. The van der Waals surface area contributed by atoms with Crippen molar-refractivity contribution in [2.24, 2.45) is 5.41 Å². The van der Waals surface area contributed by atoms with Crippen LogP contribution in [0.3, 0.4) is 0 Å². The van der Waals surface area contributed by atoms with E-state index in [-0.39, 0.29) is 0 Å². The van der Waals surface area contributed by atoms with Crippen LogP contribution < -0.4 is 0 Å². The number of nitrogens with zero attached hydrogens (tertiary/aromatic N) is 1. The Kier molecular flexibility index (Phi) is 4.75. The van der Waals surface area contributed by atoms with Gasteiger partial charge in [0.15, 0.2) is 0 Å². The van der Waals surface area contributed by atoms with Gasteiger partial charge in [-0.1, -0.05) is 11.6 Å². The van der Waals surface area contributed by atoms with E-state index in [1.807, 2.05) is 0 Å². The Hall–Kier alpha value is -0.830. The molecule has 0 spiro atoms. The summed E-state index contributed by atoms with van der Waals surface area (Å²) in [6.07, 6.45) is 5.02. The lowest BCUT2D eigenvalue weighted by Gasteiger charge is -2.30. The van der Waals surface area contributed by atoms with Gasteiger partial charge in [0.2, 0.25) is 0 Å². The highest BCUT2D eigenvalue weighted by molar-refractivity contribution is 5.73. The molecule has 0 aromatic heterocycles. The van der Waals surface area contributed by atoms with Crippen LogP contribution in [0.4, 0.5) is 0 Å². The zero-order valence-corrected chi connectivity index (χ0v) is 11.5. The fourth-order valence-electron chi connectivity index (χ4n) is 2.00. The van der Waals surface area contributed by atoms with Crippen molar-refractivity contribution >= 4 is 5.97 Å². The van der Waals surface area contributed by atoms with E-state index in [0.29, 0.717) is 6.04 Å². The number of rotatable bonds is 5. The average Bonchev–Trinajstić information content (AvgIpc) is 2.27. The molecule has 0 aliphatic carbocycles. The smallest absolute Gasteiger partial charge is 0.309 e. The number of carboxylic acids is 1. The summed E-state index contributed by atoms with van der Waals surface area (Å²) in [5.41, 5.74) is 0.826. The predicted molar refractivity (Wildman–Crippen MR) is 70.1 cm³/mol. The third-order valence-corrected chi connectivity index (χ3v) is 3.71. The van der Waals surface area contributed by atoms with Crippen molar-refractivity contribution in [2.75, 3.05) is 13.1 Å². The van der Waals surface area contributed by atoms with Gasteiger partial charge in [-0.3, -0.25) is 9.69 Å². The first-order valence-corrected chi connectivity index (χ1v) is 6.48. The Morgan fingerprint density at radius 3 is 2.59 bits per heavy atom. The molecule has 0 atom stereocenters. The first kappa shape index (κ1) is 14.2. The van der Waals surface area contributed by atoms with Gasteiger partial charge < -0.3 is 5.11 Å². The third kappa shape index (κ3) is 4.15. The van der Waals surface area contributed by atoms with Crippen LogP contribution >= 0.6 is 0 Å². The largest absolute Gasteiger partial charge is 0.481 e. The molecule has 0 bridgehead atoms. The summed E-state index contributed by atoms with van der Waals surface area (Å²) in [4.78, 5) is 13.4. The summed E-state index contributed by atoms with van der Waals surface area (Å²) in [5.74, 6) is -0.697. The van der Waals surface area contributed by atoms with Gasteiger partial charge in [0.05, 0.1) is 5.41 Å². The van der Waals surface area contributed by atoms with Gasteiger partial charge in [-0.15, -0.1) is 0 Å². The quantitative estimate of drug-likeness (QED) is 0.750. The SMILES string of the molecule is CC(C)N1CC=C(CCC(C)(C)C(=O)O)CC1. The zero-order chi connectivity index (χ0) is 13.1. The first-order chi connectivity index (χ1) is 7.83. The van der Waals surface area contributed by atoms with Crippen LogP contribution in [0.25, 0.3) is 0 Å². The van der Waals surface area contributed by atoms with Crippen LogP contribution in [-0.4, -0.2) is 35.1 Å². The number of carboxylic acid groups (broad SMARTS) is 1. The Balaban J connectivity index is 2.42. The molecule has 1 N–H and O–H groups in total. The number of hydrogen-bond donors (Lipinski definition) is 1. The van der Waals surface area contributed by atoms with Gasteiger partial charge in [-0.2, -0.15) is 0 Å². The molecule has 0 aromatic carbocycles. The van der Waals surface area contributed by atoms with Gasteiger partial charge >= 0.3 is 5.97 Å². The number of hydrogen-bond acceptors (Lipinski definition) is 2. The lowest BCUT2D eigenvalue weighted by Crippen LogP contribution is -2.34. The fraction of sp³-hybridized carbons (Fsp3) is 0.786. The van der Waals surface area contributed by atoms with Crippen molar-refractivity contribution in [1.82, 2.24) is 4.90 Å². The lowest BCUT2D eigenvalue weighted by molar-refractivity contribution is -0.147. The highest BCUT2D eigenvalue weighted by atomic mass is 16.4. The van der Waals surface area contributed by atoms with Crippen molar-refractivity contribution in [3.8, 4) is 0 Å². The molecule has 98 valence electrons. The monoisotopic (exact) mass is 239 g/mol. The molecule has 0 unspecified atom stereocenters. The minimum atomic E-state index is -0.697. The molecule has 0 saturated carbocycles. The number of aliphatic carboxylic acids is 1. The first-order valence-electron chi connectivity index (χ1n) is 6.48. The van der Waals surface area contributed by atoms with Gasteiger partial charge in [-0.25, -0.2) is 0 Å². The van der Waals surface area contributed by atoms with Crippen LogP contribution in [0.1, 0.15) is 47.0 Å². The van der Waals surface area contributed by atoms with Crippen LogP contribution in [0, 0.1) is 5.41 Å². The van der Waals surface area contributed by atoms with E-state index in [2.05, 4.69) is 24.8 Å². The summed E-state index contributed by atoms with van der Waals surface area (Å²) in [6.45, 7) is 10.2. The van der Waals surface area contributed by atoms with E-state index in [1.165, 1.54) is 5.57 Å². The second kappa shape index (κ2) is 5.67. The van der Waals surface area contributed by atoms with Crippen LogP contribution in [-0.2, 0) is 4.79 Å². The van der Waals surface area contributed by atoms with E-state index in [0.717, 1.165) is 32.4 Å². The standard InChI is InChI=1S/C14H25NO2/c1-11(2)15-9-6-12(7-10-15)5-8-14(3,4)13(16)17/h6,11H,5,7-10H2,1-4H3,(H,16,17). The van der Waals surface area contributed by atoms with Crippen molar-refractivity contribution < 1.29 is 9.90 Å². The van der Waals surface area contributed by atoms with Gasteiger partial charge in [-0.05, 0) is 47.0 Å². The van der Waals surface area contributed by atoms with Crippen LogP contribution in [0.15, 0.2) is 11.6 Å². The van der Waals surface area contributed by atoms with E-state index < -0.39 is 11.4 Å². The summed E-state index contributed by atoms with van der Waals surface area (Å²) < 4.78 is 0. The van der Waals surface area contributed by atoms with E-state index in [9.17, 15) is 4.79 Å². The van der Waals surface area contributed by atoms with E-state index in [1.54, 1.807) is 13.8 Å². The van der Waals surface area contributed by atoms with Crippen LogP contribution in [0.2, 0.25) is 0 Å². The van der Waals surface area contributed by atoms with Gasteiger partial charge in [0.25, 0.3) is 0 Å². The molecule has 0 radical (unpaired) electrons. The molecule has 1 heterocycles. The molecule has 1 aliphatic rings. The summed E-state index contributed by atoms with van der Waals surface area (Å²) in [7, 11) is 0. The Morgan fingerprint density at radius 1 is 1.53 bits per heavy atom. The minimum absolute atomic E-state index is 0.600. The maximum absolute atomic E-state index is 11.0. The fourth-order valence-corrected chi connectivity index (χ4v) is 2.00. The van der Waals surface area contributed by atoms with Crippen molar-refractivity contribution in [2.45, 2.75) is 53.0 Å². The molecular weight excluding hydrogens is 214 g/mol. The second-order valence-electron chi connectivity index (χ2n) is 5.89. The Labute approximate surface area is 105 Å². The maximum Gasteiger partial charge on any atom is 0.309 e. The minimum Gasteiger partial charge on any atom is -0.481 e. The molecule has 1 rings (SSSR count). The third-order valence-electron chi connectivity index (χ3n) is 3.71. The van der Waals surface area contributed by atoms with E-state index in [4.69, 9.17) is 5.11 Å². The van der Waals surface area contributed by atoms with Gasteiger partial charge in [0, 0.05) is 19.1 Å². The predicted octanol–water partition coefficient (Wildman–Crippen LogP) is 2.92. The van der Waals surface area contributed by atoms with Crippen molar-refractivity contribution in [1.29, 1.82) is 0 Å². The number of carbonyl (C=O) groups is 1. The molecular formula is C14H25NO2. The average molecular weight is 239 g/mol. The van der Waals surface area contributed by atoms with Crippen molar-refractivity contribution in [3.63, 3.8) is 0 Å². The molecule has 1 aliphatic heterocycles. The Morgan fingerprint density at radius 2 is 2.18 bits per heavy atom. The lowest BCUT2D eigenvalue weighted by atomic mass is 9.85. The zero-order valence-electron chi connectivity index (χ0n) is 11.5. The van der Waals surface area contributed by atoms with Crippen LogP contribution in [0.5, 0.6) is 0 Å². The second-order valence-corrected chi connectivity index (χ2v) is 5.89. The molecule has 0 fully saturated rings. The highest BCUT2D eigenvalue weighted by Crippen LogP contribution is 2.27. The normalized spacial score (nSPS) is 18.3. The highest BCUT2D eigenvalue weighted by Gasteiger charge is 2.27. The van der Waals surface area contributed by atoms with E-state index >= 15 is 0 Å². The molecule has 0 aromatic rings. The summed E-state index contributed by atoms with van der Waals surface area (Å²) in [5, 5.41) is 9.06. The topological polar surface area (TPSA) is 40.5 Å².